The van der Waals surface area contributed by atoms with Crippen LogP contribution in [0.1, 0.15) is 64.2 Å². The minimum absolute atomic E-state index is 0.395. The average molecular weight is 238 g/mol. The lowest BCUT2D eigenvalue weighted by atomic mass is 9.63. The van der Waals surface area contributed by atoms with Crippen LogP contribution in [0.4, 0.5) is 0 Å². The van der Waals surface area contributed by atoms with Gasteiger partial charge in [-0.15, -0.1) is 0 Å². The molecular weight excluding hydrogens is 212 g/mol. The molecule has 3 fully saturated rings. The van der Waals surface area contributed by atoms with Crippen LogP contribution in [-0.2, 0) is 4.74 Å². The molecule has 1 atom stereocenters. The zero-order chi connectivity index (χ0) is 11.8. The van der Waals surface area contributed by atoms with E-state index in [0.717, 1.165) is 32.5 Å². The Hall–Kier alpha value is -0.0800. The van der Waals surface area contributed by atoms with E-state index in [0.29, 0.717) is 11.3 Å². The molecule has 0 aromatic carbocycles. The lowest BCUT2D eigenvalue weighted by Crippen LogP contribution is -2.47. The summed E-state index contributed by atoms with van der Waals surface area (Å²) in [6.07, 6.45) is 12.6. The van der Waals surface area contributed by atoms with Crippen molar-refractivity contribution in [1.82, 2.24) is 0 Å². The normalized spacial score (nSPS) is 36.2. The standard InChI is InChI=1S/C15H26O2/c16-15(13-4-3-11-17-12-13)9-7-14(8-10-15)5-1-2-6-14/h13,16H,1-12H2. The molecule has 1 spiro atoms. The van der Waals surface area contributed by atoms with Gasteiger partial charge in [0, 0.05) is 12.5 Å². The minimum Gasteiger partial charge on any atom is -0.390 e. The van der Waals surface area contributed by atoms with Crippen LogP contribution in [0.25, 0.3) is 0 Å². The van der Waals surface area contributed by atoms with E-state index in [-0.39, 0.29) is 0 Å². The average Bonchev–Trinajstić information content (AvgIpc) is 2.84. The first-order chi connectivity index (χ1) is 8.23. The van der Waals surface area contributed by atoms with E-state index in [1.807, 2.05) is 0 Å². The fourth-order valence-electron chi connectivity index (χ4n) is 4.41. The molecule has 2 aliphatic carbocycles. The van der Waals surface area contributed by atoms with Crippen LogP contribution in [0.3, 0.4) is 0 Å². The van der Waals surface area contributed by atoms with Gasteiger partial charge in [-0.1, -0.05) is 12.8 Å². The van der Waals surface area contributed by atoms with Crippen molar-refractivity contribution in [3.05, 3.63) is 0 Å². The first-order valence-corrected chi connectivity index (χ1v) is 7.53. The van der Waals surface area contributed by atoms with Crippen molar-refractivity contribution < 1.29 is 9.84 Å². The van der Waals surface area contributed by atoms with E-state index in [4.69, 9.17) is 4.74 Å². The molecule has 0 amide bonds. The smallest absolute Gasteiger partial charge is 0.0698 e. The van der Waals surface area contributed by atoms with Gasteiger partial charge in [0.25, 0.3) is 0 Å². The van der Waals surface area contributed by atoms with Gasteiger partial charge in [0.15, 0.2) is 0 Å². The van der Waals surface area contributed by atoms with Crippen molar-refractivity contribution in [1.29, 1.82) is 0 Å². The molecule has 2 heteroatoms. The van der Waals surface area contributed by atoms with Crippen LogP contribution < -0.4 is 0 Å². The fraction of sp³-hybridized carbons (Fsp3) is 1.00. The van der Waals surface area contributed by atoms with Crippen LogP contribution >= 0.6 is 0 Å². The predicted molar refractivity (Wildman–Crippen MR) is 67.9 cm³/mol. The molecule has 0 aromatic heterocycles. The Labute approximate surface area is 105 Å². The Bertz CT molecular complexity index is 252. The summed E-state index contributed by atoms with van der Waals surface area (Å²) in [7, 11) is 0. The van der Waals surface area contributed by atoms with Crippen LogP contribution in [0, 0.1) is 11.3 Å². The summed E-state index contributed by atoms with van der Waals surface area (Å²) in [5.74, 6) is 0.412. The van der Waals surface area contributed by atoms with Gasteiger partial charge in [-0.05, 0) is 56.8 Å². The molecule has 1 heterocycles. The number of aliphatic hydroxyl groups is 1. The maximum absolute atomic E-state index is 10.9. The molecule has 17 heavy (non-hydrogen) atoms. The molecule has 1 unspecified atom stereocenters. The Morgan fingerprint density at radius 1 is 0.882 bits per heavy atom. The Morgan fingerprint density at radius 3 is 2.18 bits per heavy atom. The second kappa shape index (κ2) is 4.55. The number of rotatable bonds is 1. The number of hydrogen-bond acceptors (Lipinski definition) is 2. The third-order valence-electron chi connectivity index (χ3n) is 5.76. The largest absolute Gasteiger partial charge is 0.390 e. The molecule has 1 N–H and O–H groups in total. The van der Waals surface area contributed by atoms with Gasteiger partial charge in [-0.25, -0.2) is 0 Å². The van der Waals surface area contributed by atoms with E-state index in [1.165, 1.54) is 44.9 Å². The lowest BCUT2D eigenvalue weighted by molar-refractivity contribution is -0.115. The fourth-order valence-corrected chi connectivity index (χ4v) is 4.41. The summed E-state index contributed by atoms with van der Waals surface area (Å²) >= 11 is 0. The predicted octanol–water partition coefficient (Wildman–Crippen LogP) is 3.28. The third kappa shape index (κ3) is 2.26. The van der Waals surface area contributed by atoms with Crippen molar-refractivity contribution in [3.8, 4) is 0 Å². The molecule has 2 nitrogen and oxygen atoms in total. The molecule has 0 aromatic rings. The van der Waals surface area contributed by atoms with Crippen LogP contribution in [0.15, 0.2) is 0 Å². The van der Waals surface area contributed by atoms with E-state index < -0.39 is 5.60 Å². The van der Waals surface area contributed by atoms with E-state index in [1.54, 1.807) is 0 Å². The maximum Gasteiger partial charge on any atom is 0.0698 e. The number of hydrogen-bond donors (Lipinski definition) is 1. The van der Waals surface area contributed by atoms with Gasteiger partial charge in [0.05, 0.1) is 12.2 Å². The van der Waals surface area contributed by atoms with Gasteiger partial charge in [-0.2, -0.15) is 0 Å². The summed E-state index contributed by atoms with van der Waals surface area (Å²) in [5, 5.41) is 10.9. The lowest BCUT2D eigenvalue weighted by Gasteiger charge is -2.46. The highest BCUT2D eigenvalue weighted by atomic mass is 16.5. The second-order valence-corrected chi connectivity index (χ2v) is 6.72. The first kappa shape index (κ1) is 12.0. The van der Waals surface area contributed by atoms with Crippen molar-refractivity contribution in [2.75, 3.05) is 13.2 Å². The van der Waals surface area contributed by atoms with Crippen molar-refractivity contribution >= 4 is 0 Å². The highest BCUT2D eigenvalue weighted by Gasteiger charge is 2.46. The molecule has 0 radical (unpaired) electrons. The Kier molecular flexibility index (Phi) is 3.20. The van der Waals surface area contributed by atoms with Gasteiger partial charge < -0.3 is 9.84 Å². The summed E-state index contributed by atoms with van der Waals surface area (Å²) in [5.41, 5.74) is 0.232. The molecule has 1 aliphatic heterocycles. The minimum atomic E-state index is -0.395. The quantitative estimate of drug-likeness (QED) is 0.759. The second-order valence-electron chi connectivity index (χ2n) is 6.72. The SMILES string of the molecule is OC1(C2CCCOC2)CCC2(CCCC2)CC1. The van der Waals surface area contributed by atoms with Gasteiger partial charge >= 0.3 is 0 Å². The Morgan fingerprint density at radius 2 is 1.59 bits per heavy atom. The van der Waals surface area contributed by atoms with Gasteiger partial charge in [-0.3, -0.25) is 0 Å². The topological polar surface area (TPSA) is 29.5 Å². The van der Waals surface area contributed by atoms with Crippen LogP contribution in [0.2, 0.25) is 0 Å². The van der Waals surface area contributed by atoms with E-state index >= 15 is 0 Å². The summed E-state index contributed by atoms with van der Waals surface area (Å²) in [6.45, 7) is 1.69. The van der Waals surface area contributed by atoms with Crippen molar-refractivity contribution in [2.24, 2.45) is 11.3 Å². The van der Waals surface area contributed by atoms with Crippen LogP contribution in [-0.4, -0.2) is 23.9 Å². The highest BCUT2D eigenvalue weighted by molar-refractivity contribution is 4.98. The Balaban J connectivity index is 1.62. The zero-order valence-corrected chi connectivity index (χ0v) is 10.9. The molecule has 2 saturated carbocycles. The number of ether oxygens (including phenoxy) is 1. The first-order valence-electron chi connectivity index (χ1n) is 7.53. The summed E-state index contributed by atoms with van der Waals surface area (Å²) < 4.78 is 5.56. The van der Waals surface area contributed by atoms with Crippen molar-refractivity contribution in [2.45, 2.75) is 69.8 Å². The molecular formula is C15H26O2. The maximum atomic E-state index is 10.9. The summed E-state index contributed by atoms with van der Waals surface area (Å²) in [4.78, 5) is 0. The van der Waals surface area contributed by atoms with E-state index in [9.17, 15) is 5.11 Å². The highest BCUT2D eigenvalue weighted by Crippen LogP contribution is 2.53. The molecule has 3 rings (SSSR count). The molecule has 3 aliphatic rings. The van der Waals surface area contributed by atoms with Gasteiger partial charge in [0.2, 0.25) is 0 Å². The van der Waals surface area contributed by atoms with Gasteiger partial charge in [0.1, 0.15) is 0 Å². The van der Waals surface area contributed by atoms with Crippen molar-refractivity contribution in [3.63, 3.8) is 0 Å². The van der Waals surface area contributed by atoms with Crippen LogP contribution in [0.5, 0.6) is 0 Å². The molecule has 98 valence electrons. The summed E-state index contributed by atoms with van der Waals surface area (Å²) in [6, 6.07) is 0. The third-order valence-corrected chi connectivity index (χ3v) is 5.76. The monoisotopic (exact) mass is 238 g/mol. The molecule has 1 saturated heterocycles. The zero-order valence-electron chi connectivity index (χ0n) is 10.9. The van der Waals surface area contributed by atoms with E-state index in [2.05, 4.69) is 0 Å². The molecule has 0 bridgehead atoms.